The number of hydrogen-bond donors (Lipinski definition) is 0. The average Bonchev–Trinajstić information content (AvgIpc) is 3.77. The minimum Gasteiger partial charge on any atom is -0.310 e. The summed E-state index contributed by atoms with van der Waals surface area (Å²) in [5, 5.41) is 2.55. The van der Waals surface area contributed by atoms with Crippen LogP contribution in [0.2, 0.25) is 0 Å². The maximum atomic E-state index is 2.43. The van der Waals surface area contributed by atoms with Crippen LogP contribution in [-0.2, 0) is 10.8 Å². The zero-order valence-electron chi connectivity index (χ0n) is 33.4. The number of nitrogens with zero attached hydrogens (tertiary/aromatic N) is 2. The molecule has 0 saturated carbocycles. The van der Waals surface area contributed by atoms with E-state index in [0.29, 0.717) is 0 Å². The molecule has 11 rings (SSSR count). The molecule has 2 nitrogen and oxygen atoms in total. The molecule has 2 heteroatoms. The third-order valence-electron chi connectivity index (χ3n) is 13.1. The van der Waals surface area contributed by atoms with Crippen LogP contribution in [0.1, 0.15) is 48.1 Å². The quantitative estimate of drug-likeness (QED) is 0.157. The predicted molar refractivity (Wildman–Crippen MR) is 248 cm³/mol. The molecule has 0 amide bonds. The Hall–Kier alpha value is -7.16. The Morgan fingerprint density at radius 3 is 1.86 bits per heavy atom. The summed E-state index contributed by atoms with van der Waals surface area (Å²) in [6.07, 6.45) is 8.09. The van der Waals surface area contributed by atoms with Crippen molar-refractivity contribution in [2.45, 2.75) is 31.1 Å². The largest absolute Gasteiger partial charge is 0.310 e. The topological polar surface area (TPSA) is 8.17 Å². The summed E-state index contributed by atoms with van der Waals surface area (Å²) < 4.78 is 2.38. The maximum absolute atomic E-state index is 2.43. The number of rotatable bonds is 7. The van der Waals surface area contributed by atoms with Crippen molar-refractivity contribution >= 4 is 44.4 Å². The highest BCUT2D eigenvalue weighted by Crippen LogP contribution is 2.54. The van der Waals surface area contributed by atoms with Crippen LogP contribution >= 0.6 is 0 Å². The first-order chi connectivity index (χ1) is 29.0. The van der Waals surface area contributed by atoms with Gasteiger partial charge in [0.1, 0.15) is 0 Å². The Morgan fingerprint density at radius 1 is 0.475 bits per heavy atom. The summed E-state index contributed by atoms with van der Waals surface area (Å²) in [5.74, 6) is 0. The molecule has 2 aliphatic carbocycles. The van der Waals surface area contributed by atoms with E-state index in [1.807, 2.05) is 0 Å². The molecule has 0 bridgehead atoms. The maximum Gasteiger partial charge on any atom is 0.0541 e. The van der Waals surface area contributed by atoms with Crippen molar-refractivity contribution in [1.82, 2.24) is 4.57 Å². The molecular weight excluding hydrogens is 713 g/mol. The number of aromatic nitrogens is 1. The van der Waals surface area contributed by atoms with E-state index >= 15 is 0 Å². The fourth-order valence-electron chi connectivity index (χ4n) is 9.88. The first kappa shape index (κ1) is 35.0. The molecule has 0 aliphatic heterocycles. The summed E-state index contributed by atoms with van der Waals surface area (Å²) in [7, 11) is 0. The second kappa shape index (κ2) is 13.7. The lowest BCUT2D eigenvalue weighted by Crippen LogP contribution is -2.23. The minimum atomic E-state index is -0.267. The number of fused-ring (bicyclic) bond motifs is 6. The fraction of sp³-hybridized carbons (Fsp3) is 0.0877. The van der Waals surface area contributed by atoms with Gasteiger partial charge in [-0.15, -0.1) is 0 Å². The fourth-order valence-corrected chi connectivity index (χ4v) is 9.88. The highest BCUT2D eigenvalue weighted by atomic mass is 15.1. The molecule has 9 aromatic rings. The Labute approximate surface area is 346 Å². The van der Waals surface area contributed by atoms with Crippen molar-refractivity contribution < 1.29 is 0 Å². The van der Waals surface area contributed by atoms with E-state index in [-0.39, 0.29) is 10.8 Å². The van der Waals surface area contributed by atoms with Gasteiger partial charge in [0.05, 0.1) is 11.0 Å². The van der Waals surface area contributed by atoms with Gasteiger partial charge in [0.15, 0.2) is 0 Å². The van der Waals surface area contributed by atoms with Gasteiger partial charge in [-0.05, 0) is 125 Å². The summed E-state index contributed by atoms with van der Waals surface area (Å²) in [6.45, 7) is 4.75. The minimum absolute atomic E-state index is 0.121. The summed E-state index contributed by atoms with van der Waals surface area (Å²) in [6, 6.07) is 73.4. The third kappa shape index (κ3) is 5.62. The van der Waals surface area contributed by atoms with Crippen LogP contribution in [0.3, 0.4) is 0 Å². The SMILES string of the molecule is CC1(c2ccc(N(c3ccccc3)c3ccc4c(c3)C(C)(c3ccccc3)c3ccccc3-4)cc2)C=CC(c2ccc3c(c2)c2ccccc2n3-c2ccccc2)=CC1. The van der Waals surface area contributed by atoms with Crippen molar-refractivity contribution in [3.8, 4) is 16.8 Å². The van der Waals surface area contributed by atoms with E-state index in [9.17, 15) is 0 Å². The molecule has 59 heavy (non-hydrogen) atoms. The number of allylic oxidation sites excluding steroid dienone is 4. The molecule has 0 radical (unpaired) electrons. The van der Waals surface area contributed by atoms with Crippen LogP contribution in [-0.4, -0.2) is 4.57 Å². The van der Waals surface area contributed by atoms with Gasteiger partial charge in [-0.3, -0.25) is 0 Å². The summed E-state index contributed by atoms with van der Waals surface area (Å²) in [4.78, 5) is 2.40. The summed E-state index contributed by atoms with van der Waals surface area (Å²) in [5.41, 5.74) is 17.1. The number of para-hydroxylation sites is 3. The molecule has 0 saturated heterocycles. The van der Waals surface area contributed by atoms with Gasteiger partial charge in [-0.1, -0.05) is 159 Å². The Balaban J connectivity index is 0.919. The van der Waals surface area contributed by atoms with Crippen LogP contribution in [0, 0.1) is 0 Å². The molecule has 8 aromatic carbocycles. The van der Waals surface area contributed by atoms with Gasteiger partial charge in [0.25, 0.3) is 0 Å². The lowest BCUT2D eigenvalue weighted by Gasteiger charge is -2.32. The zero-order chi connectivity index (χ0) is 39.6. The number of benzene rings is 8. The van der Waals surface area contributed by atoms with Crippen molar-refractivity contribution in [2.24, 2.45) is 0 Å². The van der Waals surface area contributed by atoms with E-state index in [1.54, 1.807) is 0 Å². The van der Waals surface area contributed by atoms with E-state index < -0.39 is 0 Å². The first-order valence-electron chi connectivity index (χ1n) is 20.7. The van der Waals surface area contributed by atoms with Gasteiger partial charge in [0, 0.05) is 44.4 Å². The molecule has 2 atom stereocenters. The van der Waals surface area contributed by atoms with Gasteiger partial charge in [-0.25, -0.2) is 0 Å². The van der Waals surface area contributed by atoms with E-state index in [0.717, 1.165) is 23.5 Å². The number of hydrogen-bond acceptors (Lipinski definition) is 1. The molecular formula is C57H44N2. The lowest BCUT2D eigenvalue weighted by molar-refractivity contribution is 0.601. The molecule has 0 fully saturated rings. The van der Waals surface area contributed by atoms with Gasteiger partial charge in [-0.2, -0.15) is 0 Å². The highest BCUT2D eigenvalue weighted by Gasteiger charge is 2.41. The molecule has 1 heterocycles. The first-order valence-corrected chi connectivity index (χ1v) is 20.7. The molecule has 282 valence electrons. The molecule has 2 aliphatic rings. The zero-order valence-corrected chi connectivity index (χ0v) is 33.4. The predicted octanol–water partition coefficient (Wildman–Crippen LogP) is 14.9. The van der Waals surface area contributed by atoms with Gasteiger partial charge in [0.2, 0.25) is 0 Å². The van der Waals surface area contributed by atoms with Gasteiger partial charge >= 0.3 is 0 Å². The number of anilines is 3. The normalized spacial score (nSPS) is 18.1. The van der Waals surface area contributed by atoms with Crippen molar-refractivity contribution in [1.29, 1.82) is 0 Å². The Kier molecular flexibility index (Phi) is 8.16. The van der Waals surface area contributed by atoms with Gasteiger partial charge < -0.3 is 9.47 Å². The summed E-state index contributed by atoms with van der Waals surface area (Å²) >= 11 is 0. The van der Waals surface area contributed by atoms with Crippen LogP contribution in [0.5, 0.6) is 0 Å². The Morgan fingerprint density at radius 2 is 1.10 bits per heavy atom. The monoisotopic (exact) mass is 756 g/mol. The van der Waals surface area contributed by atoms with Crippen LogP contribution in [0.15, 0.2) is 218 Å². The van der Waals surface area contributed by atoms with Crippen molar-refractivity contribution in [3.05, 3.63) is 246 Å². The second-order valence-corrected chi connectivity index (χ2v) is 16.5. The van der Waals surface area contributed by atoms with Crippen LogP contribution in [0.25, 0.3) is 44.2 Å². The lowest BCUT2D eigenvalue weighted by atomic mass is 9.74. The molecule has 2 unspecified atom stereocenters. The van der Waals surface area contributed by atoms with Crippen LogP contribution in [0.4, 0.5) is 17.1 Å². The molecule has 0 N–H and O–H groups in total. The van der Waals surface area contributed by atoms with E-state index in [4.69, 9.17) is 0 Å². The third-order valence-corrected chi connectivity index (χ3v) is 13.1. The molecule has 1 aromatic heterocycles. The van der Waals surface area contributed by atoms with E-state index in [1.165, 1.54) is 72.0 Å². The molecule has 0 spiro atoms. The Bertz CT molecular complexity index is 3080. The smallest absolute Gasteiger partial charge is 0.0541 e. The van der Waals surface area contributed by atoms with E-state index in [2.05, 4.69) is 242 Å². The highest BCUT2D eigenvalue weighted by molar-refractivity contribution is 6.10. The van der Waals surface area contributed by atoms with Crippen LogP contribution < -0.4 is 4.90 Å². The standard InChI is InChI=1S/C57H44N2/c1-56(36-34-40(35-37-56)41-26-33-55-51(38-41)50-23-13-15-25-54(50)59(55)45-20-10-5-11-21-45)42-27-29-46(30-28-42)58(44-18-8-4-9-19-44)47-31-32-49-48-22-12-14-24-52(48)57(2,53(49)39-47)43-16-6-3-7-17-43/h3-36,38-39H,37H2,1-2H3. The second-order valence-electron chi connectivity index (χ2n) is 16.5. The average molecular weight is 757 g/mol. The van der Waals surface area contributed by atoms with Crippen molar-refractivity contribution in [2.75, 3.05) is 4.90 Å². The van der Waals surface area contributed by atoms with Crippen molar-refractivity contribution in [3.63, 3.8) is 0 Å².